The molecule has 3 aromatic heterocycles. The van der Waals surface area contributed by atoms with Gasteiger partial charge in [0.15, 0.2) is 5.78 Å². The largest absolute Gasteiger partial charge is 0.417 e. The third-order valence-electron chi connectivity index (χ3n) is 4.12. The number of pyridine rings is 2. The van der Waals surface area contributed by atoms with Gasteiger partial charge in [0.05, 0.1) is 34.7 Å². The minimum Gasteiger partial charge on any atom is -0.298 e. The van der Waals surface area contributed by atoms with Crippen molar-refractivity contribution in [2.24, 2.45) is 0 Å². The fourth-order valence-electron chi connectivity index (χ4n) is 2.85. The smallest absolute Gasteiger partial charge is 0.298 e. The second-order valence-corrected chi connectivity index (χ2v) is 5.83. The van der Waals surface area contributed by atoms with E-state index in [2.05, 4.69) is 20.4 Å². The van der Waals surface area contributed by atoms with Crippen molar-refractivity contribution in [2.75, 3.05) is 0 Å². The molecule has 0 spiro atoms. The number of alkyl halides is 3. The van der Waals surface area contributed by atoms with Crippen molar-refractivity contribution < 1.29 is 18.0 Å². The molecule has 0 saturated carbocycles. The van der Waals surface area contributed by atoms with Crippen LogP contribution in [0, 0.1) is 0 Å². The highest BCUT2D eigenvalue weighted by Gasteiger charge is 2.35. The fourth-order valence-corrected chi connectivity index (χ4v) is 2.85. The van der Waals surface area contributed by atoms with Gasteiger partial charge < -0.3 is 0 Å². The molecule has 0 amide bonds. The standard InChI is InChI=1S/C17H12F3N5O/c18-17(19,20)11-4-10(5-22-6-11)15-16(26)13-9-25(24-14(13)8-23-15)12-2-1-3-21-7-12/h1-7,9,15,23H,8H2. The van der Waals surface area contributed by atoms with E-state index in [9.17, 15) is 18.0 Å². The average Bonchev–Trinajstić information content (AvgIpc) is 3.07. The van der Waals surface area contributed by atoms with Crippen molar-refractivity contribution in [3.8, 4) is 5.69 Å². The minimum atomic E-state index is -4.52. The van der Waals surface area contributed by atoms with Gasteiger partial charge in [-0.2, -0.15) is 18.3 Å². The van der Waals surface area contributed by atoms with Crippen LogP contribution in [0.15, 0.2) is 49.2 Å². The van der Waals surface area contributed by atoms with Crippen molar-refractivity contribution in [1.82, 2.24) is 25.1 Å². The molecule has 0 saturated heterocycles. The lowest BCUT2D eigenvalue weighted by atomic mass is 9.94. The van der Waals surface area contributed by atoms with Gasteiger partial charge in [0.2, 0.25) is 0 Å². The number of carbonyl (C=O) groups is 1. The summed E-state index contributed by atoms with van der Waals surface area (Å²) in [6, 6.07) is 3.58. The molecule has 4 heterocycles. The van der Waals surface area contributed by atoms with Crippen LogP contribution in [0.5, 0.6) is 0 Å². The van der Waals surface area contributed by atoms with Crippen molar-refractivity contribution >= 4 is 5.78 Å². The van der Waals surface area contributed by atoms with Crippen LogP contribution in [0.25, 0.3) is 5.69 Å². The van der Waals surface area contributed by atoms with Crippen LogP contribution >= 0.6 is 0 Å². The highest BCUT2D eigenvalue weighted by atomic mass is 19.4. The number of nitrogens with one attached hydrogen (secondary N) is 1. The summed E-state index contributed by atoms with van der Waals surface area (Å²) in [7, 11) is 0. The highest BCUT2D eigenvalue weighted by Crippen LogP contribution is 2.32. The molecule has 0 bridgehead atoms. The Labute approximate surface area is 145 Å². The monoisotopic (exact) mass is 359 g/mol. The van der Waals surface area contributed by atoms with Crippen LogP contribution in [0.3, 0.4) is 0 Å². The maximum atomic E-state index is 12.9. The zero-order valence-corrected chi connectivity index (χ0v) is 13.2. The molecule has 0 fully saturated rings. The Morgan fingerprint density at radius 3 is 2.77 bits per heavy atom. The number of fused-ring (bicyclic) bond motifs is 1. The van der Waals surface area contributed by atoms with Gasteiger partial charge in [-0.25, -0.2) is 4.68 Å². The van der Waals surface area contributed by atoms with Crippen molar-refractivity contribution in [2.45, 2.75) is 18.8 Å². The van der Waals surface area contributed by atoms with Gasteiger partial charge in [0, 0.05) is 31.3 Å². The highest BCUT2D eigenvalue weighted by molar-refractivity contribution is 6.02. The molecule has 1 atom stereocenters. The molecule has 0 radical (unpaired) electrons. The zero-order valence-electron chi connectivity index (χ0n) is 13.2. The number of hydrogen-bond donors (Lipinski definition) is 1. The molecule has 6 nitrogen and oxygen atoms in total. The molecular weight excluding hydrogens is 347 g/mol. The number of halogens is 3. The molecule has 26 heavy (non-hydrogen) atoms. The second-order valence-electron chi connectivity index (χ2n) is 5.83. The maximum Gasteiger partial charge on any atom is 0.417 e. The van der Waals surface area contributed by atoms with Gasteiger partial charge in [-0.15, -0.1) is 0 Å². The summed E-state index contributed by atoms with van der Waals surface area (Å²) in [4.78, 5) is 20.4. The van der Waals surface area contributed by atoms with E-state index in [1.807, 2.05) is 0 Å². The lowest BCUT2D eigenvalue weighted by molar-refractivity contribution is -0.137. The zero-order chi connectivity index (χ0) is 18.3. The molecule has 1 aliphatic rings. The van der Waals surface area contributed by atoms with E-state index in [1.54, 1.807) is 30.7 Å². The quantitative estimate of drug-likeness (QED) is 0.762. The van der Waals surface area contributed by atoms with E-state index in [0.29, 0.717) is 16.9 Å². The van der Waals surface area contributed by atoms with E-state index >= 15 is 0 Å². The first-order chi connectivity index (χ1) is 12.4. The number of hydrogen-bond acceptors (Lipinski definition) is 5. The Bertz CT molecular complexity index is 968. The number of nitrogens with zero attached hydrogens (tertiary/aromatic N) is 4. The third-order valence-corrected chi connectivity index (χ3v) is 4.12. The van der Waals surface area contributed by atoms with Crippen LogP contribution in [0.4, 0.5) is 13.2 Å². The van der Waals surface area contributed by atoms with E-state index < -0.39 is 17.8 Å². The fraction of sp³-hybridized carbons (Fsp3) is 0.176. The summed E-state index contributed by atoms with van der Waals surface area (Å²) in [5.74, 6) is -0.345. The average molecular weight is 359 g/mol. The summed E-state index contributed by atoms with van der Waals surface area (Å²) >= 11 is 0. The molecule has 1 aliphatic heterocycles. The third kappa shape index (κ3) is 2.86. The maximum absolute atomic E-state index is 12.9. The molecule has 0 aliphatic carbocycles. The Hall–Kier alpha value is -3.07. The molecule has 132 valence electrons. The van der Waals surface area contributed by atoms with Crippen molar-refractivity contribution in [1.29, 1.82) is 0 Å². The van der Waals surface area contributed by atoms with Gasteiger partial charge in [-0.05, 0) is 23.8 Å². The molecule has 9 heteroatoms. The van der Waals surface area contributed by atoms with Crippen LogP contribution in [-0.2, 0) is 12.7 Å². The number of Topliss-reactive ketones (excluding diaryl/α,β-unsaturated/α-hetero) is 1. The van der Waals surface area contributed by atoms with Crippen molar-refractivity contribution in [3.05, 3.63) is 71.6 Å². The first kappa shape index (κ1) is 16.4. The lowest BCUT2D eigenvalue weighted by Gasteiger charge is -2.22. The van der Waals surface area contributed by atoms with Crippen LogP contribution in [-0.4, -0.2) is 25.5 Å². The van der Waals surface area contributed by atoms with Gasteiger partial charge in [-0.1, -0.05) is 0 Å². The Balaban J connectivity index is 1.68. The Kier molecular flexibility index (Phi) is 3.80. The second kappa shape index (κ2) is 6.03. The summed E-state index contributed by atoms with van der Waals surface area (Å²) < 4.78 is 40.2. The molecule has 1 N–H and O–H groups in total. The topological polar surface area (TPSA) is 72.7 Å². The number of carbonyl (C=O) groups excluding carboxylic acids is 1. The molecule has 0 aromatic carbocycles. The number of aromatic nitrogens is 4. The summed E-state index contributed by atoms with van der Waals surface area (Å²) in [6.45, 7) is 0.259. The van der Waals surface area contributed by atoms with Gasteiger partial charge in [0.1, 0.15) is 0 Å². The Morgan fingerprint density at radius 2 is 2.04 bits per heavy atom. The molecule has 3 aromatic rings. The van der Waals surface area contributed by atoms with Crippen LogP contribution in [0.1, 0.15) is 33.2 Å². The van der Waals surface area contributed by atoms with E-state index in [-0.39, 0.29) is 17.9 Å². The van der Waals surface area contributed by atoms with Gasteiger partial charge >= 0.3 is 6.18 Å². The first-order valence-electron chi connectivity index (χ1n) is 7.72. The molecular formula is C17H12F3N5O. The van der Waals surface area contributed by atoms with Gasteiger partial charge in [0.25, 0.3) is 0 Å². The van der Waals surface area contributed by atoms with Crippen molar-refractivity contribution in [3.63, 3.8) is 0 Å². The number of rotatable bonds is 2. The van der Waals surface area contributed by atoms with E-state index in [4.69, 9.17) is 0 Å². The summed E-state index contributed by atoms with van der Waals surface area (Å²) in [5.41, 5.74) is 0.878. The van der Waals surface area contributed by atoms with Crippen LogP contribution < -0.4 is 5.32 Å². The summed E-state index contributed by atoms with van der Waals surface area (Å²) in [6.07, 6.45) is 2.28. The summed E-state index contributed by atoms with van der Waals surface area (Å²) in [5, 5.41) is 7.29. The molecule has 4 rings (SSSR count). The SMILES string of the molecule is O=C1c2cn(-c3cccnc3)nc2CNC1c1cncc(C(F)(F)F)c1. The first-order valence-corrected chi connectivity index (χ1v) is 7.72. The minimum absolute atomic E-state index is 0.171. The Morgan fingerprint density at radius 1 is 1.19 bits per heavy atom. The van der Waals surface area contributed by atoms with E-state index in [0.717, 1.165) is 12.3 Å². The molecule has 1 unspecified atom stereocenters. The normalized spacial score (nSPS) is 17.2. The lowest BCUT2D eigenvalue weighted by Crippen LogP contribution is -2.34. The predicted molar refractivity (Wildman–Crippen MR) is 84.5 cm³/mol. The number of ketones is 1. The van der Waals surface area contributed by atoms with Crippen LogP contribution in [0.2, 0.25) is 0 Å². The van der Waals surface area contributed by atoms with Gasteiger partial charge in [-0.3, -0.25) is 20.1 Å². The predicted octanol–water partition coefficient (Wildman–Crippen LogP) is 2.71. The van der Waals surface area contributed by atoms with E-state index in [1.165, 1.54) is 10.9 Å².